The highest BCUT2D eigenvalue weighted by Crippen LogP contribution is 2.25. The molecule has 116 valence electrons. The molecule has 0 aliphatic carbocycles. The Balaban J connectivity index is 2.00. The Morgan fingerprint density at radius 2 is 2.05 bits per heavy atom. The van der Waals surface area contributed by atoms with Crippen molar-refractivity contribution in [3.63, 3.8) is 0 Å². The molecule has 4 nitrogen and oxygen atoms in total. The van der Waals surface area contributed by atoms with Gasteiger partial charge in [-0.3, -0.25) is 4.79 Å². The predicted molar refractivity (Wildman–Crippen MR) is 86.8 cm³/mol. The van der Waals surface area contributed by atoms with Gasteiger partial charge in [0.1, 0.15) is 11.5 Å². The highest BCUT2D eigenvalue weighted by atomic mass is 35.5. The molecule has 0 atom stereocenters. The SMILES string of the molecule is CCOc1ccc(CNC(=O)c2cccc(OC)c2)cc1Cl. The molecule has 1 N–H and O–H groups in total. The van der Waals surface area contributed by atoms with Crippen molar-refractivity contribution in [2.45, 2.75) is 13.5 Å². The van der Waals surface area contributed by atoms with Crippen molar-refractivity contribution in [3.8, 4) is 11.5 Å². The minimum absolute atomic E-state index is 0.163. The average molecular weight is 320 g/mol. The Morgan fingerprint density at radius 1 is 1.23 bits per heavy atom. The van der Waals surface area contributed by atoms with E-state index in [9.17, 15) is 4.79 Å². The van der Waals surface area contributed by atoms with Gasteiger partial charge in [0.15, 0.2) is 0 Å². The van der Waals surface area contributed by atoms with Crippen molar-refractivity contribution in [1.29, 1.82) is 0 Å². The van der Waals surface area contributed by atoms with Crippen LogP contribution in [0.4, 0.5) is 0 Å². The minimum Gasteiger partial charge on any atom is -0.497 e. The number of halogens is 1. The summed E-state index contributed by atoms with van der Waals surface area (Å²) in [7, 11) is 1.57. The fourth-order valence-corrected chi connectivity index (χ4v) is 2.23. The molecule has 5 heteroatoms. The summed E-state index contributed by atoms with van der Waals surface area (Å²) in [6.45, 7) is 2.85. The number of rotatable bonds is 6. The number of carbonyl (C=O) groups excluding carboxylic acids is 1. The fraction of sp³-hybridized carbons (Fsp3) is 0.235. The molecule has 2 rings (SSSR count). The molecule has 0 unspecified atom stereocenters. The van der Waals surface area contributed by atoms with Gasteiger partial charge in [0, 0.05) is 12.1 Å². The normalized spacial score (nSPS) is 10.1. The summed E-state index contributed by atoms with van der Waals surface area (Å²) in [6.07, 6.45) is 0. The summed E-state index contributed by atoms with van der Waals surface area (Å²) < 4.78 is 10.5. The van der Waals surface area contributed by atoms with Crippen molar-refractivity contribution in [3.05, 3.63) is 58.6 Å². The lowest BCUT2D eigenvalue weighted by molar-refractivity contribution is 0.0950. The number of carbonyl (C=O) groups is 1. The van der Waals surface area contributed by atoms with Crippen LogP contribution in [0.1, 0.15) is 22.8 Å². The Kier molecular flexibility index (Phi) is 5.67. The molecule has 0 saturated heterocycles. The lowest BCUT2D eigenvalue weighted by Gasteiger charge is -2.09. The Morgan fingerprint density at radius 3 is 2.73 bits per heavy atom. The third-order valence-corrected chi connectivity index (χ3v) is 3.38. The third kappa shape index (κ3) is 4.15. The number of methoxy groups -OCH3 is 1. The highest BCUT2D eigenvalue weighted by Gasteiger charge is 2.07. The van der Waals surface area contributed by atoms with Gasteiger partial charge in [0.2, 0.25) is 0 Å². The largest absolute Gasteiger partial charge is 0.497 e. The average Bonchev–Trinajstić information content (AvgIpc) is 2.55. The number of ether oxygens (including phenoxy) is 2. The summed E-state index contributed by atoms with van der Waals surface area (Å²) in [6, 6.07) is 12.5. The van der Waals surface area contributed by atoms with Crippen molar-refractivity contribution in [2.24, 2.45) is 0 Å². The molecule has 0 spiro atoms. The van der Waals surface area contributed by atoms with Gasteiger partial charge < -0.3 is 14.8 Å². The van der Waals surface area contributed by atoms with Crippen LogP contribution in [0.25, 0.3) is 0 Å². The van der Waals surface area contributed by atoms with Crippen molar-refractivity contribution < 1.29 is 14.3 Å². The molecule has 0 aromatic heterocycles. The quantitative estimate of drug-likeness (QED) is 0.883. The topological polar surface area (TPSA) is 47.6 Å². The van der Waals surface area contributed by atoms with E-state index in [1.54, 1.807) is 43.5 Å². The van der Waals surface area contributed by atoms with Crippen LogP contribution in [0, 0.1) is 0 Å². The van der Waals surface area contributed by atoms with E-state index < -0.39 is 0 Å². The molecular weight excluding hydrogens is 302 g/mol. The molecule has 0 aliphatic heterocycles. The number of hydrogen-bond acceptors (Lipinski definition) is 3. The molecule has 0 radical (unpaired) electrons. The van der Waals surface area contributed by atoms with Crippen LogP contribution in [0.3, 0.4) is 0 Å². The zero-order valence-electron chi connectivity index (χ0n) is 12.6. The standard InChI is InChI=1S/C17H18ClNO3/c1-3-22-16-8-7-12(9-15(16)18)11-19-17(20)13-5-4-6-14(10-13)21-2/h4-10H,3,11H2,1-2H3,(H,19,20). The van der Waals surface area contributed by atoms with E-state index in [1.807, 2.05) is 13.0 Å². The molecule has 0 bridgehead atoms. The van der Waals surface area contributed by atoms with Gasteiger partial charge in [-0.2, -0.15) is 0 Å². The minimum atomic E-state index is -0.163. The molecule has 22 heavy (non-hydrogen) atoms. The zero-order chi connectivity index (χ0) is 15.9. The Bertz CT molecular complexity index is 658. The summed E-state index contributed by atoms with van der Waals surface area (Å²) in [5, 5.41) is 3.39. The number of nitrogens with one attached hydrogen (secondary N) is 1. The van der Waals surface area contributed by atoms with E-state index in [1.165, 1.54) is 0 Å². The van der Waals surface area contributed by atoms with Gasteiger partial charge in [0.25, 0.3) is 5.91 Å². The lowest BCUT2D eigenvalue weighted by atomic mass is 10.2. The van der Waals surface area contributed by atoms with E-state index in [-0.39, 0.29) is 5.91 Å². The van der Waals surface area contributed by atoms with Crippen LogP contribution in [-0.4, -0.2) is 19.6 Å². The smallest absolute Gasteiger partial charge is 0.251 e. The molecule has 2 aromatic rings. The van der Waals surface area contributed by atoms with Gasteiger partial charge in [0.05, 0.1) is 18.7 Å². The number of hydrogen-bond donors (Lipinski definition) is 1. The Labute approximate surface area is 135 Å². The van der Waals surface area contributed by atoms with Crippen LogP contribution >= 0.6 is 11.6 Å². The van der Waals surface area contributed by atoms with E-state index in [0.29, 0.717) is 35.2 Å². The van der Waals surface area contributed by atoms with Gasteiger partial charge in [-0.05, 0) is 42.8 Å². The first-order chi connectivity index (χ1) is 10.6. The second-order valence-electron chi connectivity index (χ2n) is 4.61. The molecule has 0 fully saturated rings. The van der Waals surface area contributed by atoms with Crippen LogP contribution in [0.2, 0.25) is 5.02 Å². The molecule has 0 heterocycles. The summed E-state index contributed by atoms with van der Waals surface area (Å²) in [4.78, 5) is 12.1. The monoisotopic (exact) mass is 319 g/mol. The summed E-state index contributed by atoms with van der Waals surface area (Å²) in [5.74, 6) is 1.13. The second-order valence-corrected chi connectivity index (χ2v) is 5.02. The fourth-order valence-electron chi connectivity index (χ4n) is 1.98. The third-order valence-electron chi connectivity index (χ3n) is 3.08. The van der Waals surface area contributed by atoms with Crippen LogP contribution in [0.5, 0.6) is 11.5 Å². The van der Waals surface area contributed by atoms with E-state index >= 15 is 0 Å². The molecule has 2 aromatic carbocycles. The predicted octanol–water partition coefficient (Wildman–Crippen LogP) is 3.68. The van der Waals surface area contributed by atoms with Crippen LogP contribution < -0.4 is 14.8 Å². The van der Waals surface area contributed by atoms with Crippen molar-refractivity contribution >= 4 is 17.5 Å². The van der Waals surface area contributed by atoms with Gasteiger partial charge in [-0.15, -0.1) is 0 Å². The first-order valence-corrected chi connectivity index (χ1v) is 7.35. The maximum atomic E-state index is 12.1. The lowest BCUT2D eigenvalue weighted by Crippen LogP contribution is -2.22. The van der Waals surface area contributed by atoms with Crippen molar-refractivity contribution in [2.75, 3.05) is 13.7 Å². The summed E-state index contributed by atoms with van der Waals surface area (Å²) >= 11 is 6.13. The first-order valence-electron chi connectivity index (χ1n) is 6.97. The van der Waals surface area contributed by atoms with Crippen molar-refractivity contribution in [1.82, 2.24) is 5.32 Å². The second kappa shape index (κ2) is 7.71. The van der Waals surface area contributed by atoms with E-state index in [0.717, 1.165) is 5.56 Å². The maximum Gasteiger partial charge on any atom is 0.251 e. The maximum absolute atomic E-state index is 12.1. The molecular formula is C17H18ClNO3. The number of amides is 1. The van der Waals surface area contributed by atoms with E-state index in [4.69, 9.17) is 21.1 Å². The molecule has 0 saturated carbocycles. The van der Waals surface area contributed by atoms with Crippen LogP contribution in [-0.2, 0) is 6.54 Å². The van der Waals surface area contributed by atoms with Gasteiger partial charge in [-0.1, -0.05) is 23.7 Å². The first kappa shape index (κ1) is 16.2. The van der Waals surface area contributed by atoms with Gasteiger partial charge in [-0.25, -0.2) is 0 Å². The summed E-state index contributed by atoms with van der Waals surface area (Å²) in [5.41, 5.74) is 1.46. The molecule has 1 amide bonds. The molecule has 0 aliphatic rings. The number of benzene rings is 2. The Hall–Kier alpha value is -2.20. The van der Waals surface area contributed by atoms with E-state index in [2.05, 4.69) is 5.32 Å². The van der Waals surface area contributed by atoms with Crippen LogP contribution in [0.15, 0.2) is 42.5 Å². The highest BCUT2D eigenvalue weighted by molar-refractivity contribution is 6.32. The van der Waals surface area contributed by atoms with Gasteiger partial charge >= 0.3 is 0 Å². The zero-order valence-corrected chi connectivity index (χ0v) is 13.3.